The molecule has 4 aromatic rings. The maximum absolute atomic E-state index is 13.3. The lowest BCUT2D eigenvalue weighted by molar-refractivity contribution is 0.0951. The molecule has 4 rings (SSSR count). The van der Waals surface area contributed by atoms with Crippen LogP contribution in [0.3, 0.4) is 0 Å². The lowest BCUT2D eigenvalue weighted by Crippen LogP contribution is -2.25. The van der Waals surface area contributed by atoms with Crippen LogP contribution in [-0.4, -0.2) is 25.6 Å². The molecular formula is C28H29N3O4S. The smallest absolute Gasteiger partial charge is 0.306 e. The van der Waals surface area contributed by atoms with Crippen molar-refractivity contribution in [1.29, 1.82) is 5.26 Å². The Morgan fingerprint density at radius 2 is 1.47 bits per heavy atom. The maximum atomic E-state index is 13.3. The molecule has 0 atom stereocenters. The van der Waals surface area contributed by atoms with Gasteiger partial charge in [0.25, 0.3) is 5.91 Å². The van der Waals surface area contributed by atoms with E-state index in [4.69, 9.17) is 9.44 Å². The summed E-state index contributed by atoms with van der Waals surface area (Å²) in [5.74, 6) is -0.531. The van der Waals surface area contributed by atoms with Gasteiger partial charge >= 0.3 is 10.1 Å². The predicted molar refractivity (Wildman–Crippen MR) is 143 cm³/mol. The molecule has 3 aromatic carbocycles. The second-order valence-electron chi connectivity index (χ2n) is 7.23. The zero-order valence-electron chi connectivity index (χ0n) is 20.7. The summed E-state index contributed by atoms with van der Waals surface area (Å²) < 4.78 is 29.5. The number of fused-ring (bicyclic) bond motifs is 1. The van der Waals surface area contributed by atoms with Gasteiger partial charge in [-0.25, -0.2) is 4.98 Å². The fourth-order valence-electron chi connectivity index (χ4n) is 3.31. The molecule has 1 amide bonds. The predicted octanol–water partition coefficient (Wildman–Crippen LogP) is 5.73. The number of carbonyl (C=O) groups is 1. The lowest BCUT2D eigenvalue weighted by atomic mass is 10.0. The van der Waals surface area contributed by atoms with Gasteiger partial charge in [-0.15, -0.1) is 0 Å². The van der Waals surface area contributed by atoms with Crippen molar-refractivity contribution in [3.8, 4) is 23.1 Å². The summed E-state index contributed by atoms with van der Waals surface area (Å²) in [6, 6.07) is 27.3. The third-order valence-electron chi connectivity index (χ3n) is 4.65. The van der Waals surface area contributed by atoms with Gasteiger partial charge < -0.3 is 9.50 Å². The van der Waals surface area contributed by atoms with E-state index in [1.54, 1.807) is 36.4 Å². The first-order valence-corrected chi connectivity index (χ1v) is 13.2. The van der Waals surface area contributed by atoms with Gasteiger partial charge in [0.2, 0.25) is 0 Å². The quantitative estimate of drug-likeness (QED) is 0.337. The molecule has 0 aliphatic carbocycles. The average Bonchev–Trinajstić information content (AvgIpc) is 2.89. The normalized spacial score (nSPS) is 10.1. The largest absolute Gasteiger partial charge is 0.379 e. The van der Waals surface area contributed by atoms with Gasteiger partial charge in [-0.1, -0.05) is 92.7 Å². The lowest BCUT2D eigenvalue weighted by Gasteiger charge is -2.17. The summed E-state index contributed by atoms with van der Waals surface area (Å²) >= 11 is 0. The topological polar surface area (TPSA) is 109 Å². The number of amides is 1. The molecule has 0 radical (unpaired) electrons. The van der Waals surface area contributed by atoms with Crippen LogP contribution in [0.1, 0.15) is 36.7 Å². The van der Waals surface area contributed by atoms with E-state index < -0.39 is 16.0 Å². The van der Waals surface area contributed by atoms with Crippen LogP contribution in [0.5, 0.6) is 5.75 Å². The Bertz CT molecular complexity index is 1430. The summed E-state index contributed by atoms with van der Waals surface area (Å²) in [7, 11) is -3.92. The number of nitrogens with zero attached hydrogens (tertiary/aromatic N) is 2. The molecule has 0 saturated heterocycles. The fourth-order valence-corrected chi connectivity index (χ4v) is 3.78. The van der Waals surface area contributed by atoms with Crippen LogP contribution in [0.15, 0.2) is 84.9 Å². The summed E-state index contributed by atoms with van der Waals surface area (Å²) in [4.78, 5) is 17.9. The number of pyridine rings is 1. The minimum Gasteiger partial charge on any atom is -0.379 e. The summed E-state index contributed by atoms with van der Waals surface area (Å²) in [6.07, 6.45) is 0.947. The van der Waals surface area contributed by atoms with Crippen molar-refractivity contribution in [3.05, 3.63) is 96.1 Å². The van der Waals surface area contributed by atoms with E-state index >= 15 is 0 Å². The minimum absolute atomic E-state index is 0.0852. The molecule has 0 bridgehead atoms. The van der Waals surface area contributed by atoms with Gasteiger partial charge in [-0.3, -0.25) is 4.79 Å². The Balaban J connectivity index is 0.000000850. The Morgan fingerprint density at radius 3 is 2.06 bits per heavy atom. The first kappa shape index (κ1) is 28.0. The van der Waals surface area contributed by atoms with Gasteiger partial charge in [0.05, 0.1) is 23.4 Å². The first-order valence-electron chi connectivity index (χ1n) is 11.3. The van der Waals surface area contributed by atoms with E-state index in [2.05, 4.69) is 10.3 Å². The second kappa shape index (κ2) is 13.6. The molecule has 1 aromatic heterocycles. The molecule has 0 unspecified atom stereocenters. The molecule has 0 aliphatic heterocycles. The maximum Gasteiger partial charge on any atom is 0.306 e. The van der Waals surface area contributed by atoms with Crippen LogP contribution in [0.25, 0.3) is 22.2 Å². The van der Waals surface area contributed by atoms with E-state index in [9.17, 15) is 13.2 Å². The number of nitriles is 1. The highest BCUT2D eigenvalue weighted by Gasteiger charge is 2.25. The number of carbonyl (C=O) groups excluding carboxylic acids is 1. The fraction of sp³-hybridized carbons (Fsp3) is 0.179. The minimum atomic E-state index is -3.92. The number of aromatic nitrogens is 1. The standard InChI is InChI=1S/C24H20N2O4S.C2H3N.C2H6/c1-31(28,29)30-23-21(24(27)25-16-17-10-4-2-5-11-17)19-14-8-9-15-20(19)26-22(23)18-12-6-3-7-13-18;1-2-3;1-2/h2-15H,16H2,1H3,(H,25,27);1H3;1-2H3. The molecule has 1 N–H and O–H groups in total. The monoisotopic (exact) mass is 503 g/mol. The number of benzene rings is 3. The molecule has 0 aliphatic rings. The van der Waals surface area contributed by atoms with Crippen molar-refractivity contribution >= 4 is 26.9 Å². The van der Waals surface area contributed by atoms with Crippen molar-refractivity contribution in [2.45, 2.75) is 27.3 Å². The van der Waals surface area contributed by atoms with Crippen molar-refractivity contribution in [1.82, 2.24) is 10.3 Å². The van der Waals surface area contributed by atoms with Crippen LogP contribution in [0, 0.1) is 11.3 Å². The van der Waals surface area contributed by atoms with Gasteiger partial charge in [0.15, 0.2) is 5.75 Å². The third kappa shape index (κ3) is 7.65. The molecule has 0 saturated carbocycles. The van der Waals surface area contributed by atoms with Crippen LogP contribution in [-0.2, 0) is 16.7 Å². The molecule has 1 heterocycles. The van der Waals surface area contributed by atoms with E-state index in [1.165, 1.54) is 6.92 Å². The Morgan fingerprint density at radius 1 is 0.944 bits per heavy atom. The molecule has 36 heavy (non-hydrogen) atoms. The Hall–Kier alpha value is -4.22. The summed E-state index contributed by atoms with van der Waals surface area (Å²) in [6.45, 7) is 5.72. The molecule has 0 spiro atoms. The molecule has 0 fully saturated rings. The van der Waals surface area contributed by atoms with E-state index in [1.807, 2.05) is 68.4 Å². The SMILES string of the molecule is CC.CC#N.CS(=O)(=O)Oc1c(-c2ccccc2)nc2ccccc2c1C(=O)NCc1ccccc1. The van der Waals surface area contributed by atoms with Crippen LogP contribution >= 0.6 is 0 Å². The van der Waals surface area contributed by atoms with E-state index in [-0.39, 0.29) is 23.6 Å². The highest BCUT2D eigenvalue weighted by Crippen LogP contribution is 2.37. The average molecular weight is 504 g/mol. The summed E-state index contributed by atoms with van der Waals surface area (Å²) in [5.41, 5.74) is 2.54. The zero-order chi connectivity index (χ0) is 26.6. The van der Waals surface area contributed by atoms with Crippen molar-refractivity contribution in [2.24, 2.45) is 0 Å². The van der Waals surface area contributed by atoms with Gasteiger partial charge in [0.1, 0.15) is 5.69 Å². The highest BCUT2D eigenvalue weighted by molar-refractivity contribution is 7.86. The van der Waals surface area contributed by atoms with Crippen molar-refractivity contribution in [3.63, 3.8) is 0 Å². The molecule has 8 heteroatoms. The molecule has 186 valence electrons. The zero-order valence-corrected chi connectivity index (χ0v) is 21.5. The number of hydrogen-bond donors (Lipinski definition) is 1. The molecular weight excluding hydrogens is 474 g/mol. The number of hydrogen-bond acceptors (Lipinski definition) is 6. The van der Waals surface area contributed by atoms with Crippen LogP contribution in [0.4, 0.5) is 0 Å². The highest BCUT2D eigenvalue weighted by atomic mass is 32.2. The van der Waals surface area contributed by atoms with Crippen molar-refractivity contribution < 1.29 is 17.4 Å². The Kier molecular flexibility index (Phi) is 10.6. The number of para-hydroxylation sites is 1. The Labute approximate surface area is 212 Å². The van der Waals surface area contributed by atoms with Crippen LogP contribution < -0.4 is 9.50 Å². The van der Waals surface area contributed by atoms with E-state index in [0.717, 1.165) is 11.8 Å². The van der Waals surface area contributed by atoms with Crippen molar-refractivity contribution in [2.75, 3.05) is 6.26 Å². The van der Waals surface area contributed by atoms with Crippen LogP contribution in [0.2, 0.25) is 0 Å². The first-order chi connectivity index (χ1) is 17.3. The van der Waals surface area contributed by atoms with Gasteiger partial charge in [0, 0.05) is 24.4 Å². The summed E-state index contributed by atoms with van der Waals surface area (Å²) in [5, 5.41) is 10.7. The van der Waals surface area contributed by atoms with E-state index in [0.29, 0.717) is 16.5 Å². The second-order valence-corrected chi connectivity index (χ2v) is 8.80. The third-order valence-corrected chi connectivity index (χ3v) is 5.12. The molecule has 7 nitrogen and oxygen atoms in total. The number of nitrogens with one attached hydrogen (secondary N) is 1. The van der Waals surface area contributed by atoms with Gasteiger partial charge in [-0.2, -0.15) is 13.7 Å². The number of rotatable bonds is 6. The van der Waals surface area contributed by atoms with Gasteiger partial charge in [-0.05, 0) is 11.6 Å².